The average molecular weight is 579 g/mol. The van der Waals surface area contributed by atoms with Crippen LogP contribution in [0.4, 0.5) is 10.7 Å². The van der Waals surface area contributed by atoms with E-state index in [2.05, 4.69) is 15.0 Å². The number of ether oxygens (including phenoxy) is 3. The highest BCUT2D eigenvalue weighted by Gasteiger charge is 2.64. The number of imidazole rings is 1. The van der Waals surface area contributed by atoms with Crippen molar-refractivity contribution in [3.05, 3.63) is 88.5 Å². The lowest BCUT2D eigenvalue weighted by Gasteiger charge is -2.48. The number of nitrogens with two attached hydrogens (primary N) is 1. The van der Waals surface area contributed by atoms with Gasteiger partial charge in [0.25, 0.3) is 11.2 Å². The summed E-state index contributed by atoms with van der Waals surface area (Å²) >= 11 is 0. The third kappa shape index (κ3) is 5.83. The average Bonchev–Trinajstić information content (AvgIpc) is 3.41. The van der Waals surface area contributed by atoms with E-state index in [0.29, 0.717) is 12.0 Å². The van der Waals surface area contributed by atoms with E-state index in [1.807, 2.05) is 43.3 Å². The molecule has 0 aliphatic carbocycles. The van der Waals surface area contributed by atoms with Crippen LogP contribution in [0, 0.1) is 0 Å². The SMILES string of the molecule is CCCOC(=O)[C@](N(OC)C(=O)OCc1ccccc1)(n1cnc2c(=O)[nH]c(N)nc21)C(C)(C)OCc1ccccc1. The Bertz CT molecular complexity index is 1570. The Morgan fingerprint density at radius 2 is 1.62 bits per heavy atom. The van der Waals surface area contributed by atoms with E-state index in [1.165, 1.54) is 18.0 Å². The molecule has 13 nitrogen and oxygen atoms in total. The number of nitrogens with zero attached hydrogens (tertiary/aromatic N) is 4. The van der Waals surface area contributed by atoms with Gasteiger partial charge in [-0.2, -0.15) is 4.98 Å². The van der Waals surface area contributed by atoms with Gasteiger partial charge in [0.1, 0.15) is 12.2 Å². The van der Waals surface area contributed by atoms with E-state index < -0.39 is 28.9 Å². The van der Waals surface area contributed by atoms with Gasteiger partial charge in [-0.1, -0.05) is 67.6 Å². The van der Waals surface area contributed by atoms with Crippen molar-refractivity contribution in [1.29, 1.82) is 0 Å². The lowest BCUT2D eigenvalue weighted by Crippen LogP contribution is -2.69. The maximum atomic E-state index is 14.3. The van der Waals surface area contributed by atoms with E-state index in [1.54, 1.807) is 38.1 Å². The highest BCUT2D eigenvalue weighted by molar-refractivity contribution is 5.87. The molecule has 4 rings (SSSR count). The van der Waals surface area contributed by atoms with Crippen molar-refractivity contribution >= 4 is 29.2 Å². The highest BCUT2D eigenvalue weighted by Crippen LogP contribution is 2.41. The number of nitrogens with one attached hydrogen (secondary N) is 1. The summed E-state index contributed by atoms with van der Waals surface area (Å²) in [7, 11) is 1.20. The van der Waals surface area contributed by atoms with E-state index in [9.17, 15) is 14.4 Å². The van der Waals surface area contributed by atoms with Gasteiger partial charge in [0, 0.05) is 0 Å². The molecular weight excluding hydrogens is 544 g/mol. The van der Waals surface area contributed by atoms with Crippen molar-refractivity contribution in [3.63, 3.8) is 0 Å². The molecule has 42 heavy (non-hydrogen) atoms. The Hall–Kier alpha value is -4.75. The summed E-state index contributed by atoms with van der Waals surface area (Å²) in [6, 6.07) is 18.3. The molecular formula is C29H34N6O7. The van der Waals surface area contributed by atoms with Gasteiger partial charge >= 0.3 is 12.1 Å². The number of esters is 1. The van der Waals surface area contributed by atoms with Gasteiger partial charge in [-0.3, -0.25) is 19.2 Å². The Morgan fingerprint density at radius 3 is 2.21 bits per heavy atom. The topological polar surface area (TPSA) is 164 Å². The van der Waals surface area contributed by atoms with Crippen LogP contribution in [-0.4, -0.2) is 56.0 Å². The zero-order valence-corrected chi connectivity index (χ0v) is 23.9. The normalized spacial score (nSPS) is 13.0. The number of benzene rings is 2. The van der Waals surface area contributed by atoms with Crippen molar-refractivity contribution in [2.45, 2.75) is 51.7 Å². The third-order valence-corrected chi connectivity index (χ3v) is 6.63. The maximum Gasteiger partial charge on any atom is 0.437 e. The van der Waals surface area contributed by atoms with Crippen molar-refractivity contribution in [2.75, 3.05) is 19.5 Å². The molecule has 2 aromatic carbocycles. The number of carbonyl (C=O) groups excluding carboxylic acids is 2. The molecule has 1 atom stereocenters. The number of carbonyl (C=O) groups is 2. The summed E-state index contributed by atoms with van der Waals surface area (Å²) in [5, 5.41) is 0.721. The minimum absolute atomic E-state index is 0.00868. The first-order valence-corrected chi connectivity index (χ1v) is 13.3. The van der Waals surface area contributed by atoms with Crippen LogP contribution in [0.25, 0.3) is 11.2 Å². The molecule has 0 saturated heterocycles. The Labute approximate surface area is 242 Å². The number of anilines is 1. The molecule has 0 aliphatic rings. The monoisotopic (exact) mass is 578 g/mol. The van der Waals surface area contributed by atoms with Gasteiger partial charge < -0.3 is 19.9 Å². The van der Waals surface area contributed by atoms with Crippen LogP contribution in [0.15, 0.2) is 71.8 Å². The van der Waals surface area contributed by atoms with Gasteiger partial charge in [-0.25, -0.2) is 14.6 Å². The number of H-pyrrole nitrogens is 1. The number of amides is 1. The van der Waals surface area contributed by atoms with Crippen LogP contribution in [0.5, 0.6) is 0 Å². The summed E-state index contributed by atoms with van der Waals surface area (Å²) in [4.78, 5) is 57.4. The summed E-state index contributed by atoms with van der Waals surface area (Å²) in [6.45, 7) is 4.91. The Kier molecular flexibility index (Phi) is 9.23. The van der Waals surface area contributed by atoms with Crippen molar-refractivity contribution in [2.24, 2.45) is 0 Å². The van der Waals surface area contributed by atoms with E-state index in [4.69, 9.17) is 24.8 Å². The second-order valence-electron chi connectivity index (χ2n) is 9.85. The molecule has 0 spiro atoms. The third-order valence-electron chi connectivity index (χ3n) is 6.63. The summed E-state index contributed by atoms with van der Waals surface area (Å²) in [5.41, 5.74) is 2.55. The van der Waals surface area contributed by atoms with E-state index >= 15 is 0 Å². The fraction of sp³-hybridized carbons (Fsp3) is 0.345. The zero-order valence-electron chi connectivity index (χ0n) is 23.9. The summed E-state index contributed by atoms with van der Waals surface area (Å²) in [6.07, 6.45) is 0.628. The lowest BCUT2D eigenvalue weighted by atomic mass is 9.89. The molecule has 0 bridgehead atoms. The van der Waals surface area contributed by atoms with Gasteiger partial charge in [-0.05, 0) is 31.4 Å². The minimum atomic E-state index is -2.30. The standard InChI is InChI=1S/C29H34N6O7/c1-5-16-40-25(37)29(28(2,3)42-18-21-14-10-7-11-15-21,34-19-31-22-23(34)32-26(30)33-24(22)36)35(39-4)27(38)41-17-20-12-8-6-9-13-20/h6-15,19H,5,16-18H2,1-4H3,(H3,30,32,33,36)/t29-/m1/s1. The van der Waals surface area contributed by atoms with Crippen LogP contribution in [-0.2, 0) is 42.7 Å². The molecule has 2 aromatic heterocycles. The molecule has 13 heteroatoms. The molecule has 2 heterocycles. The number of hydroxylamine groups is 2. The van der Waals surface area contributed by atoms with E-state index in [0.717, 1.165) is 10.6 Å². The second kappa shape index (κ2) is 12.8. The number of nitrogen functional groups attached to an aromatic ring is 1. The number of aromatic amines is 1. The van der Waals surface area contributed by atoms with Crippen molar-refractivity contribution in [1.82, 2.24) is 24.6 Å². The number of hydrogen-bond acceptors (Lipinski definition) is 10. The van der Waals surface area contributed by atoms with Crippen LogP contribution < -0.4 is 11.3 Å². The first kappa shape index (κ1) is 30.2. The molecule has 0 fully saturated rings. The Morgan fingerprint density at radius 1 is 1.00 bits per heavy atom. The molecule has 0 unspecified atom stereocenters. The number of aromatic nitrogens is 4. The second-order valence-corrected chi connectivity index (χ2v) is 9.85. The van der Waals surface area contributed by atoms with Crippen LogP contribution in [0.3, 0.4) is 0 Å². The summed E-state index contributed by atoms with van der Waals surface area (Å²) < 4.78 is 18.9. The highest BCUT2D eigenvalue weighted by atomic mass is 16.7. The number of fused-ring (bicyclic) bond motifs is 1. The maximum absolute atomic E-state index is 14.3. The van der Waals surface area contributed by atoms with Crippen molar-refractivity contribution < 1.29 is 28.6 Å². The summed E-state index contributed by atoms with van der Waals surface area (Å²) in [5.74, 6) is -1.18. The molecule has 0 saturated carbocycles. The van der Waals surface area contributed by atoms with E-state index in [-0.39, 0.29) is 36.9 Å². The van der Waals surface area contributed by atoms with Gasteiger partial charge in [0.15, 0.2) is 11.2 Å². The first-order chi connectivity index (χ1) is 20.2. The van der Waals surface area contributed by atoms with Crippen molar-refractivity contribution in [3.8, 4) is 0 Å². The first-order valence-electron chi connectivity index (χ1n) is 13.3. The van der Waals surface area contributed by atoms with Crippen LogP contribution in [0.1, 0.15) is 38.3 Å². The molecule has 222 valence electrons. The predicted molar refractivity (Wildman–Crippen MR) is 153 cm³/mol. The van der Waals surface area contributed by atoms with Crippen LogP contribution >= 0.6 is 0 Å². The zero-order chi connectivity index (χ0) is 30.3. The Balaban J connectivity index is 1.93. The van der Waals surface area contributed by atoms with Crippen LogP contribution in [0.2, 0.25) is 0 Å². The number of rotatable bonds is 12. The molecule has 0 radical (unpaired) electrons. The number of hydrogen-bond donors (Lipinski definition) is 2. The lowest BCUT2D eigenvalue weighted by molar-refractivity contribution is -0.275. The largest absolute Gasteiger partial charge is 0.462 e. The molecule has 3 N–H and O–H groups in total. The van der Waals surface area contributed by atoms with Gasteiger partial charge in [-0.15, -0.1) is 5.06 Å². The fourth-order valence-electron chi connectivity index (χ4n) is 4.57. The predicted octanol–water partition coefficient (Wildman–Crippen LogP) is 3.50. The van der Waals surface area contributed by atoms with Gasteiger partial charge in [0.2, 0.25) is 5.95 Å². The molecule has 0 aliphatic heterocycles. The quantitative estimate of drug-likeness (QED) is 0.188. The molecule has 4 aromatic rings. The minimum Gasteiger partial charge on any atom is -0.462 e. The fourth-order valence-corrected chi connectivity index (χ4v) is 4.57. The smallest absolute Gasteiger partial charge is 0.437 e. The van der Waals surface area contributed by atoms with Gasteiger partial charge in [0.05, 0.1) is 26.7 Å². The molecule has 1 amide bonds.